The van der Waals surface area contributed by atoms with Gasteiger partial charge in [-0.3, -0.25) is 0 Å². The number of aromatic nitrogens is 4. The highest BCUT2D eigenvalue weighted by atomic mass is 35.5. The van der Waals surface area contributed by atoms with Gasteiger partial charge in [0.1, 0.15) is 5.69 Å². The minimum absolute atomic E-state index is 0.0872. The van der Waals surface area contributed by atoms with Gasteiger partial charge in [-0.15, -0.1) is 5.10 Å². The van der Waals surface area contributed by atoms with Gasteiger partial charge in [0.05, 0.1) is 7.11 Å². The van der Waals surface area contributed by atoms with Crippen LogP contribution in [0.25, 0.3) is 5.65 Å². The first-order valence-electron chi connectivity index (χ1n) is 5.52. The van der Waals surface area contributed by atoms with Gasteiger partial charge >= 0.3 is 11.4 Å². The van der Waals surface area contributed by atoms with Crippen LogP contribution in [0.3, 0.4) is 0 Å². The molecule has 0 bridgehead atoms. The zero-order valence-corrected chi connectivity index (χ0v) is 11.7. The number of hydrogen-bond acceptors (Lipinski definition) is 4. The average molecular weight is 291 g/mol. The molecule has 19 heavy (non-hydrogen) atoms. The zero-order valence-electron chi connectivity index (χ0n) is 10.9. The van der Waals surface area contributed by atoms with Crippen LogP contribution in [0.1, 0.15) is 32.3 Å². The SMILES string of the molecule is COc1nc(C(F)(F)Cl)cc2nc(C(C)(C)C)nn12. The van der Waals surface area contributed by atoms with Crippen LogP contribution in [0.5, 0.6) is 6.01 Å². The predicted octanol–water partition coefficient (Wildman–Crippen LogP) is 2.72. The third-order valence-corrected chi connectivity index (χ3v) is 2.63. The van der Waals surface area contributed by atoms with Crippen LogP contribution in [0.2, 0.25) is 0 Å². The summed E-state index contributed by atoms with van der Waals surface area (Å²) in [5, 5.41) is 0.628. The van der Waals surface area contributed by atoms with E-state index in [4.69, 9.17) is 16.3 Å². The van der Waals surface area contributed by atoms with Gasteiger partial charge in [0.15, 0.2) is 11.5 Å². The fourth-order valence-corrected chi connectivity index (χ4v) is 1.56. The van der Waals surface area contributed by atoms with Gasteiger partial charge in [-0.25, -0.2) is 4.98 Å². The summed E-state index contributed by atoms with van der Waals surface area (Å²) >= 11 is 4.98. The molecule has 0 aliphatic carbocycles. The van der Waals surface area contributed by atoms with Gasteiger partial charge in [-0.1, -0.05) is 20.8 Å². The second-order valence-electron chi connectivity index (χ2n) is 5.08. The highest BCUT2D eigenvalue weighted by Gasteiger charge is 2.32. The number of ether oxygens (including phenoxy) is 1. The summed E-state index contributed by atoms with van der Waals surface area (Å²) in [4.78, 5) is 7.85. The second-order valence-corrected chi connectivity index (χ2v) is 5.56. The van der Waals surface area contributed by atoms with Crippen molar-refractivity contribution >= 4 is 17.2 Å². The summed E-state index contributed by atoms with van der Waals surface area (Å²) < 4.78 is 32.5. The van der Waals surface area contributed by atoms with E-state index in [9.17, 15) is 8.78 Å². The molecule has 0 saturated carbocycles. The number of rotatable bonds is 2. The van der Waals surface area contributed by atoms with Crippen molar-refractivity contribution in [2.75, 3.05) is 7.11 Å². The maximum atomic E-state index is 13.1. The molecule has 0 aromatic carbocycles. The Balaban J connectivity index is 2.70. The molecular formula is C11H13ClF2N4O. The molecule has 5 nitrogen and oxygen atoms in total. The minimum atomic E-state index is -3.58. The Hall–Kier alpha value is -1.50. The number of fused-ring (bicyclic) bond motifs is 1. The van der Waals surface area contributed by atoms with E-state index in [0.29, 0.717) is 5.82 Å². The zero-order chi connectivity index (χ0) is 14.4. The summed E-state index contributed by atoms with van der Waals surface area (Å²) in [6.45, 7) is 5.75. The van der Waals surface area contributed by atoms with Crippen molar-refractivity contribution in [3.8, 4) is 6.01 Å². The van der Waals surface area contributed by atoms with Gasteiger partial charge in [-0.2, -0.15) is 18.3 Å². The van der Waals surface area contributed by atoms with Crippen molar-refractivity contribution in [1.82, 2.24) is 19.6 Å². The Kier molecular flexibility index (Phi) is 3.12. The first-order chi connectivity index (χ1) is 8.63. The smallest absolute Gasteiger partial charge is 0.365 e. The minimum Gasteiger partial charge on any atom is -0.467 e. The largest absolute Gasteiger partial charge is 0.467 e. The first-order valence-corrected chi connectivity index (χ1v) is 5.90. The molecule has 0 fully saturated rings. The van der Waals surface area contributed by atoms with E-state index < -0.39 is 11.1 Å². The van der Waals surface area contributed by atoms with Crippen molar-refractivity contribution < 1.29 is 13.5 Å². The summed E-state index contributed by atoms with van der Waals surface area (Å²) in [7, 11) is 1.32. The lowest BCUT2D eigenvalue weighted by Crippen LogP contribution is -2.13. The van der Waals surface area contributed by atoms with E-state index in [1.807, 2.05) is 20.8 Å². The third kappa shape index (κ3) is 2.60. The summed E-state index contributed by atoms with van der Waals surface area (Å²) in [6, 6.07) is 1.01. The molecule has 0 spiro atoms. The Labute approximate surface area is 113 Å². The van der Waals surface area contributed by atoms with Crippen molar-refractivity contribution in [1.29, 1.82) is 0 Å². The predicted molar refractivity (Wildman–Crippen MR) is 65.8 cm³/mol. The molecule has 8 heteroatoms. The van der Waals surface area contributed by atoms with E-state index >= 15 is 0 Å². The quantitative estimate of drug-likeness (QED) is 0.798. The summed E-state index contributed by atoms with van der Waals surface area (Å²) in [6.07, 6.45) is 0. The van der Waals surface area contributed by atoms with Gasteiger partial charge in [-0.05, 0) is 11.6 Å². The van der Waals surface area contributed by atoms with Crippen LogP contribution < -0.4 is 4.74 Å². The van der Waals surface area contributed by atoms with Crippen LogP contribution in [0.4, 0.5) is 8.78 Å². The summed E-state index contributed by atoms with van der Waals surface area (Å²) in [5.41, 5.74) is -0.723. The molecule has 2 aromatic heterocycles. The highest BCUT2D eigenvalue weighted by molar-refractivity contribution is 6.21. The summed E-state index contributed by atoms with van der Waals surface area (Å²) in [5.74, 6) is 0.502. The maximum Gasteiger partial charge on any atom is 0.365 e. The molecule has 0 saturated heterocycles. The Morgan fingerprint density at radius 1 is 1.26 bits per heavy atom. The molecule has 2 aromatic rings. The van der Waals surface area contributed by atoms with E-state index in [-0.39, 0.29) is 17.1 Å². The fourth-order valence-electron chi connectivity index (χ4n) is 1.46. The van der Waals surface area contributed by atoms with Gasteiger partial charge in [0, 0.05) is 11.5 Å². The topological polar surface area (TPSA) is 52.3 Å². The Bertz CT molecular complexity index is 615. The molecule has 2 heterocycles. The molecule has 0 unspecified atom stereocenters. The number of nitrogens with zero attached hydrogens (tertiary/aromatic N) is 4. The molecule has 0 radical (unpaired) electrons. The normalized spacial score (nSPS) is 13.0. The second kappa shape index (κ2) is 4.26. The number of halogens is 3. The van der Waals surface area contributed by atoms with Crippen molar-refractivity contribution in [3.05, 3.63) is 17.6 Å². The highest BCUT2D eigenvalue weighted by Crippen LogP contribution is 2.33. The van der Waals surface area contributed by atoms with E-state index in [0.717, 1.165) is 6.07 Å². The van der Waals surface area contributed by atoms with Crippen molar-refractivity contribution in [2.45, 2.75) is 31.6 Å². The Morgan fingerprint density at radius 3 is 2.37 bits per heavy atom. The van der Waals surface area contributed by atoms with Crippen LogP contribution in [-0.4, -0.2) is 26.7 Å². The standard InChI is InChI=1S/C11H13ClF2N4O/c1-10(2,3)8-16-7-5-6(11(12,13)14)15-9(19-4)18(7)17-8/h5H,1-4H3. The molecule has 0 amide bonds. The van der Waals surface area contributed by atoms with E-state index in [1.54, 1.807) is 0 Å². The van der Waals surface area contributed by atoms with Crippen LogP contribution >= 0.6 is 11.6 Å². The van der Waals surface area contributed by atoms with Crippen LogP contribution in [0.15, 0.2) is 6.07 Å². The lowest BCUT2D eigenvalue weighted by Gasteiger charge is -2.11. The number of alkyl halides is 3. The number of methoxy groups -OCH3 is 1. The molecule has 0 atom stereocenters. The fraction of sp³-hybridized carbons (Fsp3) is 0.545. The Morgan fingerprint density at radius 2 is 1.89 bits per heavy atom. The van der Waals surface area contributed by atoms with Gasteiger partial charge < -0.3 is 4.74 Å². The van der Waals surface area contributed by atoms with Crippen LogP contribution in [-0.2, 0) is 10.8 Å². The molecule has 0 aliphatic rings. The lowest BCUT2D eigenvalue weighted by molar-refractivity contribution is 0.0888. The van der Waals surface area contributed by atoms with E-state index in [1.165, 1.54) is 11.6 Å². The molecule has 2 rings (SSSR count). The van der Waals surface area contributed by atoms with Crippen molar-refractivity contribution in [3.63, 3.8) is 0 Å². The molecule has 0 aliphatic heterocycles. The molecule has 0 N–H and O–H groups in total. The molecule has 104 valence electrons. The van der Waals surface area contributed by atoms with Crippen molar-refractivity contribution in [2.24, 2.45) is 0 Å². The first kappa shape index (κ1) is 13.9. The molecular weight excluding hydrogens is 278 g/mol. The lowest BCUT2D eigenvalue weighted by atomic mass is 9.96. The third-order valence-electron chi connectivity index (χ3n) is 2.44. The van der Waals surface area contributed by atoms with Gasteiger partial charge in [0.25, 0.3) is 0 Å². The van der Waals surface area contributed by atoms with Crippen LogP contribution in [0, 0.1) is 0 Å². The number of hydrogen-bond donors (Lipinski definition) is 0. The van der Waals surface area contributed by atoms with Gasteiger partial charge in [0.2, 0.25) is 0 Å². The monoisotopic (exact) mass is 290 g/mol. The maximum absolute atomic E-state index is 13.1. The van der Waals surface area contributed by atoms with E-state index in [2.05, 4.69) is 15.1 Å². The average Bonchev–Trinajstić information content (AvgIpc) is 2.69.